The maximum atomic E-state index is 10.7. The number of carbonyl (C=O) groups is 2. The van der Waals surface area contributed by atoms with Gasteiger partial charge in [0, 0.05) is 11.0 Å². The van der Waals surface area contributed by atoms with Gasteiger partial charge in [-0.2, -0.15) is 0 Å². The van der Waals surface area contributed by atoms with E-state index in [1.807, 2.05) is 0 Å². The maximum absolute atomic E-state index is 10.7. The summed E-state index contributed by atoms with van der Waals surface area (Å²) in [6, 6.07) is 3.47. The van der Waals surface area contributed by atoms with Gasteiger partial charge < -0.3 is 4.74 Å². The number of ether oxygens (including phenoxy) is 1. The van der Waals surface area contributed by atoms with Crippen molar-refractivity contribution in [1.82, 2.24) is 0 Å². The highest BCUT2D eigenvalue weighted by Crippen LogP contribution is 2.15. The second-order valence-corrected chi connectivity index (χ2v) is 3.36. The number of esters is 1. The van der Waals surface area contributed by atoms with Crippen molar-refractivity contribution in [2.75, 3.05) is 7.11 Å². The van der Waals surface area contributed by atoms with Crippen molar-refractivity contribution in [3.63, 3.8) is 0 Å². The number of thiophene rings is 1. The molecule has 68 valence electrons. The normalized spacial score (nSPS) is 10.2. The number of carbonyl (C=O) groups excluding carboxylic acids is 2. The lowest BCUT2D eigenvalue weighted by Gasteiger charge is -1.87. The molecule has 13 heavy (non-hydrogen) atoms. The van der Waals surface area contributed by atoms with E-state index in [0.717, 1.165) is 11.2 Å². The zero-order valence-electron chi connectivity index (χ0n) is 7.02. The van der Waals surface area contributed by atoms with Gasteiger partial charge >= 0.3 is 5.97 Å². The highest BCUT2D eigenvalue weighted by atomic mass is 32.1. The Kier molecular flexibility index (Phi) is 3.40. The maximum Gasteiger partial charge on any atom is 0.330 e. The molecular weight excluding hydrogens is 188 g/mol. The van der Waals surface area contributed by atoms with Crippen molar-refractivity contribution in [1.29, 1.82) is 0 Å². The van der Waals surface area contributed by atoms with E-state index < -0.39 is 5.97 Å². The molecule has 1 heterocycles. The summed E-state index contributed by atoms with van der Waals surface area (Å²) in [4.78, 5) is 22.5. The van der Waals surface area contributed by atoms with E-state index in [-0.39, 0.29) is 0 Å². The van der Waals surface area contributed by atoms with E-state index in [0.29, 0.717) is 4.88 Å². The van der Waals surface area contributed by atoms with Crippen LogP contribution in [0.4, 0.5) is 0 Å². The Morgan fingerprint density at radius 2 is 2.15 bits per heavy atom. The third-order valence-corrected chi connectivity index (χ3v) is 2.32. The van der Waals surface area contributed by atoms with Crippen LogP contribution in [0.3, 0.4) is 0 Å². The average Bonchev–Trinajstić information content (AvgIpc) is 2.61. The first-order valence-corrected chi connectivity index (χ1v) is 4.39. The summed E-state index contributed by atoms with van der Waals surface area (Å²) in [5.74, 6) is -0.402. The molecule has 0 N–H and O–H groups in total. The van der Waals surface area contributed by atoms with Crippen LogP contribution in [-0.2, 0) is 9.53 Å². The monoisotopic (exact) mass is 196 g/mol. The lowest BCUT2D eigenvalue weighted by Crippen LogP contribution is -1.92. The first-order chi connectivity index (χ1) is 6.26. The van der Waals surface area contributed by atoms with Crippen LogP contribution in [0.15, 0.2) is 18.2 Å². The van der Waals surface area contributed by atoms with E-state index in [2.05, 4.69) is 4.74 Å². The highest BCUT2D eigenvalue weighted by Gasteiger charge is 1.96. The van der Waals surface area contributed by atoms with Crippen LogP contribution in [0.25, 0.3) is 6.08 Å². The fourth-order valence-corrected chi connectivity index (χ4v) is 1.47. The van der Waals surface area contributed by atoms with Gasteiger partial charge in [-0.25, -0.2) is 4.79 Å². The van der Waals surface area contributed by atoms with Crippen LogP contribution in [0.1, 0.15) is 14.5 Å². The largest absolute Gasteiger partial charge is 0.466 e. The van der Waals surface area contributed by atoms with Gasteiger partial charge in [0.1, 0.15) is 0 Å². The SMILES string of the molecule is COC(=O)/C=C/c1ccc(C=O)s1. The van der Waals surface area contributed by atoms with Crippen molar-refractivity contribution in [3.05, 3.63) is 28.0 Å². The van der Waals surface area contributed by atoms with Gasteiger partial charge in [-0.1, -0.05) is 0 Å². The Balaban J connectivity index is 2.68. The van der Waals surface area contributed by atoms with Crippen LogP contribution in [0.5, 0.6) is 0 Å². The Morgan fingerprint density at radius 3 is 2.69 bits per heavy atom. The van der Waals surface area contributed by atoms with E-state index in [9.17, 15) is 9.59 Å². The zero-order valence-corrected chi connectivity index (χ0v) is 7.84. The van der Waals surface area contributed by atoms with Crippen molar-refractivity contribution in [3.8, 4) is 0 Å². The van der Waals surface area contributed by atoms with Gasteiger partial charge in [0.15, 0.2) is 6.29 Å². The molecule has 0 unspecified atom stereocenters. The molecule has 4 heteroatoms. The van der Waals surface area contributed by atoms with E-state index in [1.54, 1.807) is 18.2 Å². The molecule has 0 saturated heterocycles. The van der Waals surface area contributed by atoms with Crippen LogP contribution < -0.4 is 0 Å². The minimum atomic E-state index is -0.402. The van der Waals surface area contributed by atoms with Gasteiger partial charge in [-0.05, 0) is 18.2 Å². The number of rotatable bonds is 3. The minimum absolute atomic E-state index is 0.402. The van der Waals surface area contributed by atoms with Crippen molar-refractivity contribution < 1.29 is 14.3 Å². The molecule has 1 aromatic heterocycles. The van der Waals surface area contributed by atoms with Gasteiger partial charge in [0.25, 0.3) is 0 Å². The molecule has 0 atom stereocenters. The summed E-state index contributed by atoms with van der Waals surface area (Å²) in [7, 11) is 1.32. The zero-order chi connectivity index (χ0) is 9.68. The van der Waals surface area contributed by atoms with E-state index >= 15 is 0 Å². The Bertz CT molecular complexity index is 338. The highest BCUT2D eigenvalue weighted by molar-refractivity contribution is 7.14. The minimum Gasteiger partial charge on any atom is -0.466 e. The molecule has 0 saturated carbocycles. The van der Waals surface area contributed by atoms with Gasteiger partial charge in [-0.3, -0.25) is 4.79 Å². The summed E-state index contributed by atoms with van der Waals surface area (Å²) in [6.07, 6.45) is 3.71. The molecule has 0 fully saturated rings. The molecule has 0 radical (unpaired) electrons. The Morgan fingerprint density at radius 1 is 1.46 bits per heavy atom. The molecule has 0 amide bonds. The molecule has 0 aliphatic rings. The van der Waals surface area contributed by atoms with Crippen molar-refractivity contribution >= 4 is 29.7 Å². The molecular formula is C9H8O3S. The fourth-order valence-electron chi connectivity index (χ4n) is 0.740. The predicted octanol–water partition coefficient (Wildman–Crippen LogP) is 1.75. The lowest BCUT2D eigenvalue weighted by molar-refractivity contribution is -0.134. The molecule has 1 rings (SSSR count). The summed E-state index contributed by atoms with van der Waals surface area (Å²) in [6.45, 7) is 0. The van der Waals surface area contributed by atoms with Gasteiger partial charge in [-0.15, -0.1) is 11.3 Å². The summed E-state index contributed by atoms with van der Waals surface area (Å²) in [5.41, 5.74) is 0. The van der Waals surface area contributed by atoms with Crippen molar-refractivity contribution in [2.24, 2.45) is 0 Å². The molecule has 0 aromatic carbocycles. The average molecular weight is 196 g/mol. The first kappa shape index (κ1) is 9.67. The topological polar surface area (TPSA) is 43.4 Å². The summed E-state index contributed by atoms with van der Waals surface area (Å²) < 4.78 is 4.41. The van der Waals surface area contributed by atoms with E-state index in [4.69, 9.17) is 0 Å². The smallest absolute Gasteiger partial charge is 0.330 e. The number of hydrogen-bond acceptors (Lipinski definition) is 4. The number of methoxy groups -OCH3 is 1. The summed E-state index contributed by atoms with van der Waals surface area (Å²) >= 11 is 1.32. The second kappa shape index (κ2) is 4.57. The van der Waals surface area contributed by atoms with E-state index in [1.165, 1.54) is 24.5 Å². The standard InChI is InChI=1S/C9H8O3S/c1-12-9(11)5-4-7-2-3-8(6-10)13-7/h2-6H,1H3/b5-4+. The van der Waals surface area contributed by atoms with Crippen LogP contribution in [0, 0.1) is 0 Å². The molecule has 0 aliphatic heterocycles. The van der Waals surface area contributed by atoms with Crippen LogP contribution in [-0.4, -0.2) is 19.4 Å². The molecule has 0 aliphatic carbocycles. The van der Waals surface area contributed by atoms with Crippen LogP contribution in [0.2, 0.25) is 0 Å². The Hall–Kier alpha value is -1.42. The quantitative estimate of drug-likeness (QED) is 0.420. The number of hydrogen-bond donors (Lipinski definition) is 0. The predicted molar refractivity (Wildman–Crippen MR) is 50.8 cm³/mol. The lowest BCUT2D eigenvalue weighted by atomic mass is 10.4. The van der Waals surface area contributed by atoms with Gasteiger partial charge in [0.2, 0.25) is 0 Å². The first-order valence-electron chi connectivity index (χ1n) is 3.57. The fraction of sp³-hybridized carbons (Fsp3) is 0.111. The molecule has 1 aromatic rings. The third kappa shape index (κ3) is 2.83. The Labute approximate surface area is 79.6 Å². The summed E-state index contributed by atoms with van der Waals surface area (Å²) in [5, 5.41) is 0. The van der Waals surface area contributed by atoms with Crippen LogP contribution >= 0.6 is 11.3 Å². The van der Waals surface area contributed by atoms with Gasteiger partial charge in [0.05, 0.1) is 12.0 Å². The third-order valence-electron chi connectivity index (χ3n) is 1.35. The molecule has 0 spiro atoms. The second-order valence-electron chi connectivity index (χ2n) is 2.21. The molecule has 3 nitrogen and oxygen atoms in total. The molecule has 0 bridgehead atoms. The number of aldehydes is 1. The van der Waals surface area contributed by atoms with Crippen molar-refractivity contribution in [2.45, 2.75) is 0 Å².